The van der Waals surface area contributed by atoms with Crippen molar-refractivity contribution in [2.75, 3.05) is 7.11 Å². The van der Waals surface area contributed by atoms with Crippen molar-refractivity contribution in [2.45, 2.75) is 52.6 Å². The van der Waals surface area contributed by atoms with E-state index in [-0.39, 0.29) is 0 Å². The summed E-state index contributed by atoms with van der Waals surface area (Å²) in [7, 11) is 1.72. The molecule has 0 aromatic heterocycles. The van der Waals surface area contributed by atoms with Crippen LogP contribution in [0.15, 0.2) is 18.2 Å². The van der Waals surface area contributed by atoms with Gasteiger partial charge in [-0.15, -0.1) is 0 Å². The largest absolute Gasteiger partial charge is 0.496 e. The summed E-state index contributed by atoms with van der Waals surface area (Å²) < 4.78 is 5.26. The summed E-state index contributed by atoms with van der Waals surface area (Å²) in [4.78, 5) is 0. The van der Waals surface area contributed by atoms with Gasteiger partial charge in [-0.2, -0.15) is 0 Å². The molecule has 0 aliphatic rings. The highest BCUT2D eigenvalue weighted by Gasteiger charge is 2.03. The lowest BCUT2D eigenvalue weighted by Gasteiger charge is -2.14. The van der Waals surface area contributed by atoms with E-state index in [1.165, 1.54) is 30.4 Å². The van der Waals surface area contributed by atoms with Gasteiger partial charge in [0.25, 0.3) is 0 Å². The molecule has 2 heteroatoms. The molecule has 0 radical (unpaired) electrons. The van der Waals surface area contributed by atoms with Gasteiger partial charge in [-0.3, -0.25) is 0 Å². The van der Waals surface area contributed by atoms with Crippen molar-refractivity contribution in [2.24, 2.45) is 0 Å². The van der Waals surface area contributed by atoms with Crippen molar-refractivity contribution in [3.8, 4) is 5.75 Å². The van der Waals surface area contributed by atoms with Crippen LogP contribution in [0.5, 0.6) is 5.75 Å². The molecular weight excluding hydrogens is 210 g/mol. The molecule has 1 aromatic carbocycles. The first kappa shape index (κ1) is 14.0. The Morgan fingerprint density at radius 1 is 1.35 bits per heavy atom. The van der Waals surface area contributed by atoms with Crippen molar-refractivity contribution >= 4 is 0 Å². The number of methoxy groups -OCH3 is 1. The first-order valence-corrected chi connectivity index (χ1v) is 6.54. The maximum Gasteiger partial charge on any atom is 0.121 e. The summed E-state index contributed by atoms with van der Waals surface area (Å²) in [5.41, 5.74) is 2.53. The van der Waals surface area contributed by atoms with Gasteiger partial charge in [0, 0.05) is 12.6 Å². The number of unbranched alkanes of at least 4 members (excludes halogenated alkanes) is 1. The van der Waals surface area contributed by atoms with Crippen LogP contribution in [0.2, 0.25) is 0 Å². The van der Waals surface area contributed by atoms with E-state index < -0.39 is 0 Å². The van der Waals surface area contributed by atoms with E-state index in [1.807, 2.05) is 6.07 Å². The fourth-order valence-electron chi connectivity index (χ4n) is 1.95. The fourth-order valence-corrected chi connectivity index (χ4v) is 1.95. The molecule has 0 heterocycles. The van der Waals surface area contributed by atoms with E-state index in [9.17, 15) is 0 Å². The minimum Gasteiger partial charge on any atom is -0.496 e. The lowest BCUT2D eigenvalue weighted by molar-refractivity contribution is 0.411. The standard InChI is InChI=1S/C15H25NO/c1-5-6-7-13(3)16-11-14-8-9-15(17-4)12(2)10-14/h8-10,13,16H,5-7,11H2,1-4H3. The number of aryl methyl sites for hydroxylation is 1. The van der Waals surface area contributed by atoms with Gasteiger partial charge < -0.3 is 10.1 Å². The smallest absolute Gasteiger partial charge is 0.121 e. The van der Waals surface area contributed by atoms with E-state index >= 15 is 0 Å². The van der Waals surface area contributed by atoms with E-state index in [0.29, 0.717) is 6.04 Å². The van der Waals surface area contributed by atoms with Crippen LogP contribution >= 0.6 is 0 Å². The zero-order chi connectivity index (χ0) is 12.7. The number of hydrogen-bond acceptors (Lipinski definition) is 2. The molecule has 1 rings (SSSR count). The predicted octanol–water partition coefficient (Wildman–Crippen LogP) is 3.67. The van der Waals surface area contributed by atoms with Gasteiger partial charge in [-0.25, -0.2) is 0 Å². The molecule has 0 aliphatic heterocycles. The SMILES string of the molecule is CCCCC(C)NCc1ccc(OC)c(C)c1. The molecule has 1 aromatic rings. The van der Waals surface area contributed by atoms with E-state index in [0.717, 1.165) is 12.3 Å². The molecule has 17 heavy (non-hydrogen) atoms. The minimum absolute atomic E-state index is 0.595. The highest BCUT2D eigenvalue weighted by atomic mass is 16.5. The molecule has 0 aliphatic carbocycles. The first-order valence-electron chi connectivity index (χ1n) is 6.54. The Morgan fingerprint density at radius 3 is 2.71 bits per heavy atom. The van der Waals surface area contributed by atoms with Crippen molar-refractivity contribution in [3.05, 3.63) is 29.3 Å². The molecular formula is C15H25NO. The third-order valence-corrected chi connectivity index (χ3v) is 3.10. The molecule has 0 saturated heterocycles. The Labute approximate surface area is 105 Å². The van der Waals surface area contributed by atoms with Crippen molar-refractivity contribution in [1.29, 1.82) is 0 Å². The van der Waals surface area contributed by atoms with Gasteiger partial charge in [0.05, 0.1) is 7.11 Å². The molecule has 0 bridgehead atoms. The quantitative estimate of drug-likeness (QED) is 0.778. The summed E-state index contributed by atoms with van der Waals surface area (Å²) in [6, 6.07) is 6.96. The summed E-state index contributed by atoms with van der Waals surface area (Å²) >= 11 is 0. The Morgan fingerprint density at radius 2 is 2.12 bits per heavy atom. The Balaban J connectivity index is 2.44. The van der Waals surface area contributed by atoms with E-state index in [4.69, 9.17) is 4.74 Å². The van der Waals surface area contributed by atoms with Crippen molar-refractivity contribution in [1.82, 2.24) is 5.32 Å². The van der Waals surface area contributed by atoms with Crippen LogP contribution in [-0.4, -0.2) is 13.2 Å². The van der Waals surface area contributed by atoms with E-state index in [1.54, 1.807) is 7.11 Å². The summed E-state index contributed by atoms with van der Waals surface area (Å²) in [5, 5.41) is 3.56. The summed E-state index contributed by atoms with van der Waals surface area (Å²) in [6.07, 6.45) is 3.83. The number of benzene rings is 1. The number of rotatable bonds is 7. The molecule has 1 N–H and O–H groups in total. The Bertz CT molecular complexity index is 336. The lowest BCUT2D eigenvalue weighted by atomic mass is 10.1. The number of ether oxygens (including phenoxy) is 1. The third-order valence-electron chi connectivity index (χ3n) is 3.10. The average molecular weight is 235 g/mol. The van der Waals surface area contributed by atoms with Gasteiger partial charge in [-0.1, -0.05) is 31.9 Å². The minimum atomic E-state index is 0.595. The van der Waals surface area contributed by atoms with Gasteiger partial charge in [0.15, 0.2) is 0 Å². The van der Waals surface area contributed by atoms with Crippen LogP contribution in [-0.2, 0) is 6.54 Å². The second kappa shape index (κ2) is 7.33. The molecule has 2 nitrogen and oxygen atoms in total. The number of hydrogen-bond donors (Lipinski definition) is 1. The van der Waals surface area contributed by atoms with Crippen LogP contribution in [0.4, 0.5) is 0 Å². The monoisotopic (exact) mass is 235 g/mol. The van der Waals surface area contributed by atoms with Gasteiger partial charge in [0.1, 0.15) is 5.75 Å². The van der Waals surface area contributed by atoms with Gasteiger partial charge in [-0.05, 0) is 37.5 Å². The lowest BCUT2D eigenvalue weighted by Crippen LogP contribution is -2.25. The van der Waals surface area contributed by atoms with Crippen LogP contribution in [0.3, 0.4) is 0 Å². The van der Waals surface area contributed by atoms with Gasteiger partial charge in [0.2, 0.25) is 0 Å². The molecule has 1 unspecified atom stereocenters. The van der Waals surface area contributed by atoms with Crippen LogP contribution < -0.4 is 10.1 Å². The van der Waals surface area contributed by atoms with Gasteiger partial charge >= 0.3 is 0 Å². The third kappa shape index (κ3) is 4.78. The summed E-state index contributed by atoms with van der Waals surface area (Å²) in [6.45, 7) is 7.52. The predicted molar refractivity (Wildman–Crippen MR) is 73.6 cm³/mol. The Hall–Kier alpha value is -1.02. The molecule has 96 valence electrons. The Kier molecular flexibility index (Phi) is 6.06. The van der Waals surface area contributed by atoms with Crippen LogP contribution in [0.1, 0.15) is 44.2 Å². The second-order valence-corrected chi connectivity index (χ2v) is 4.73. The fraction of sp³-hybridized carbons (Fsp3) is 0.600. The summed E-state index contributed by atoms with van der Waals surface area (Å²) in [5.74, 6) is 0.966. The van der Waals surface area contributed by atoms with Crippen molar-refractivity contribution in [3.63, 3.8) is 0 Å². The zero-order valence-electron chi connectivity index (χ0n) is 11.5. The average Bonchev–Trinajstić information content (AvgIpc) is 2.34. The molecule has 0 fully saturated rings. The number of nitrogens with one attached hydrogen (secondary N) is 1. The second-order valence-electron chi connectivity index (χ2n) is 4.73. The maximum atomic E-state index is 5.26. The maximum absolute atomic E-state index is 5.26. The van der Waals surface area contributed by atoms with Crippen molar-refractivity contribution < 1.29 is 4.74 Å². The zero-order valence-corrected chi connectivity index (χ0v) is 11.5. The first-order chi connectivity index (χ1) is 8.17. The molecule has 0 spiro atoms. The van der Waals surface area contributed by atoms with Crippen LogP contribution in [0.25, 0.3) is 0 Å². The topological polar surface area (TPSA) is 21.3 Å². The molecule has 1 atom stereocenters. The molecule has 0 saturated carbocycles. The highest BCUT2D eigenvalue weighted by Crippen LogP contribution is 2.18. The van der Waals surface area contributed by atoms with Crippen LogP contribution in [0, 0.1) is 6.92 Å². The normalized spacial score (nSPS) is 12.5. The molecule has 0 amide bonds. The van der Waals surface area contributed by atoms with E-state index in [2.05, 4.69) is 38.2 Å². The highest BCUT2D eigenvalue weighted by molar-refractivity contribution is 5.36.